The van der Waals surface area contributed by atoms with Crippen LogP contribution in [0, 0.1) is 5.41 Å². The van der Waals surface area contributed by atoms with E-state index in [4.69, 9.17) is 5.11 Å². The molecular formula is C8H15NO2. The summed E-state index contributed by atoms with van der Waals surface area (Å²) in [7, 11) is 0. The Bertz CT molecular complexity index is 156. The Morgan fingerprint density at radius 1 is 1.45 bits per heavy atom. The van der Waals surface area contributed by atoms with Crippen molar-refractivity contribution >= 4 is 0 Å². The smallest absolute Gasteiger partial charge is 0.0735 e. The molecule has 1 spiro atoms. The minimum Gasteiger partial charge on any atom is -0.395 e. The van der Waals surface area contributed by atoms with E-state index in [9.17, 15) is 5.11 Å². The van der Waals surface area contributed by atoms with Crippen molar-refractivity contribution in [3.8, 4) is 0 Å². The third kappa shape index (κ3) is 1.17. The molecule has 1 aliphatic heterocycles. The molecule has 2 rings (SSSR count). The Kier molecular flexibility index (Phi) is 1.67. The van der Waals surface area contributed by atoms with Crippen molar-refractivity contribution in [1.29, 1.82) is 0 Å². The molecule has 3 heteroatoms. The maximum absolute atomic E-state index is 9.59. The number of rotatable bonds is 2. The lowest BCUT2D eigenvalue weighted by atomic mass is 10.0. The van der Waals surface area contributed by atoms with Crippen molar-refractivity contribution in [2.75, 3.05) is 26.2 Å². The Balaban J connectivity index is 1.91. The third-order valence-electron chi connectivity index (χ3n) is 2.98. The van der Waals surface area contributed by atoms with Crippen LogP contribution in [-0.4, -0.2) is 47.5 Å². The number of aliphatic hydroxyl groups is 2. The van der Waals surface area contributed by atoms with Crippen molar-refractivity contribution < 1.29 is 10.2 Å². The fourth-order valence-corrected chi connectivity index (χ4v) is 2.02. The van der Waals surface area contributed by atoms with Crippen LogP contribution in [0.1, 0.15) is 12.8 Å². The average molecular weight is 157 g/mol. The maximum Gasteiger partial charge on any atom is 0.0735 e. The first-order valence-corrected chi connectivity index (χ1v) is 4.28. The molecule has 2 fully saturated rings. The van der Waals surface area contributed by atoms with Crippen molar-refractivity contribution in [1.82, 2.24) is 4.90 Å². The first-order chi connectivity index (χ1) is 5.27. The van der Waals surface area contributed by atoms with E-state index in [0.29, 0.717) is 0 Å². The highest BCUT2D eigenvalue weighted by Gasteiger charge is 2.54. The Hall–Kier alpha value is -0.120. The zero-order valence-electron chi connectivity index (χ0n) is 6.66. The van der Waals surface area contributed by atoms with Crippen LogP contribution < -0.4 is 0 Å². The van der Waals surface area contributed by atoms with Crippen LogP contribution in [0.25, 0.3) is 0 Å². The summed E-state index contributed by atoms with van der Waals surface area (Å²) in [5.74, 6) is 0. The molecule has 1 heterocycles. The Morgan fingerprint density at radius 2 is 2.18 bits per heavy atom. The lowest BCUT2D eigenvalue weighted by Gasteiger charge is -2.12. The van der Waals surface area contributed by atoms with Gasteiger partial charge in [0.15, 0.2) is 0 Å². The minimum absolute atomic E-state index is 0.131. The van der Waals surface area contributed by atoms with Gasteiger partial charge in [-0.1, -0.05) is 0 Å². The van der Waals surface area contributed by atoms with Crippen molar-refractivity contribution in [3.05, 3.63) is 0 Å². The van der Waals surface area contributed by atoms with E-state index in [0.717, 1.165) is 19.6 Å². The van der Waals surface area contributed by atoms with Crippen LogP contribution in [0.5, 0.6) is 0 Å². The molecular weight excluding hydrogens is 142 g/mol. The monoisotopic (exact) mass is 157 g/mol. The van der Waals surface area contributed by atoms with E-state index in [1.165, 1.54) is 12.8 Å². The molecule has 64 valence electrons. The van der Waals surface area contributed by atoms with Gasteiger partial charge >= 0.3 is 0 Å². The van der Waals surface area contributed by atoms with E-state index in [2.05, 4.69) is 4.90 Å². The summed E-state index contributed by atoms with van der Waals surface area (Å²) in [4.78, 5) is 2.15. The minimum atomic E-state index is -0.131. The average Bonchev–Trinajstić information content (AvgIpc) is 2.63. The first kappa shape index (κ1) is 7.53. The first-order valence-electron chi connectivity index (χ1n) is 4.28. The van der Waals surface area contributed by atoms with E-state index in [1.807, 2.05) is 0 Å². The highest BCUT2D eigenvalue weighted by Crippen LogP contribution is 2.52. The van der Waals surface area contributed by atoms with Gasteiger partial charge in [0.2, 0.25) is 0 Å². The molecule has 11 heavy (non-hydrogen) atoms. The van der Waals surface area contributed by atoms with Gasteiger partial charge in [0, 0.05) is 25.0 Å². The largest absolute Gasteiger partial charge is 0.395 e. The summed E-state index contributed by atoms with van der Waals surface area (Å²) in [5, 5.41) is 18.3. The highest BCUT2D eigenvalue weighted by atomic mass is 16.3. The van der Waals surface area contributed by atoms with Gasteiger partial charge in [-0.3, -0.25) is 4.90 Å². The lowest BCUT2D eigenvalue weighted by Crippen LogP contribution is -2.25. The number of likely N-dealkylation sites (tertiary alicyclic amines) is 1. The van der Waals surface area contributed by atoms with Crippen molar-refractivity contribution in [3.63, 3.8) is 0 Å². The number of aliphatic hydroxyl groups excluding tert-OH is 2. The topological polar surface area (TPSA) is 43.7 Å². The molecule has 1 unspecified atom stereocenters. The fraction of sp³-hybridized carbons (Fsp3) is 1.00. The van der Waals surface area contributed by atoms with Gasteiger partial charge in [0.1, 0.15) is 0 Å². The standard InChI is InChI=1S/C8H15NO2/c10-4-3-9-5-7(11)8(6-9)1-2-8/h7,10-11H,1-6H2. The highest BCUT2D eigenvalue weighted by molar-refractivity contribution is 5.06. The normalized spacial score (nSPS) is 34.9. The van der Waals surface area contributed by atoms with Gasteiger partial charge in [-0.05, 0) is 12.8 Å². The lowest BCUT2D eigenvalue weighted by molar-refractivity contribution is 0.129. The summed E-state index contributed by atoms with van der Waals surface area (Å²) < 4.78 is 0. The summed E-state index contributed by atoms with van der Waals surface area (Å²) >= 11 is 0. The molecule has 1 saturated carbocycles. The van der Waals surface area contributed by atoms with Crippen molar-refractivity contribution in [2.24, 2.45) is 5.41 Å². The van der Waals surface area contributed by atoms with Crippen molar-refractivity contribution in [2.45, 2.75) is 18.9 Å². The molecule has 3 nitrogen and oxygen atoms in total. The van der Waals surface area contributed by atoms with Crippen LogP contribution in [0.3, 0.4) is 0 Å². The molecule has 1 saturated heterocycles. The maximum atomic E-state index is 9.59. The third-order valence-corrected chi connectivity index (χ3v) is 2.98. The summed E-state index contributed by atoms with van der Waals surface area (Å²) in [6.45, 7) is 2.69. The molecule has 1 aliphatic carbocycles. The summed E-state index contributed by atoms with van der Waals surface area (Å²) in [6.07, 6.45) is 2.22. The second-order valence-corrected chi connectivity index (χ2v) is 3.84. The van der Waals surface area contributed by atoms with E-state index in [1.54, 1.807) is 0 Å². The molecule has 1 atom stereocenters. The molecule has 0 amide bonds. The molecule has 0 aromatic carbocycles. The van der Waals surface area contributed by atoms with Gasteiger partial charge in [-0.15, -0.1) is 0 Å². The molecule has 0 bridgehead atoms. The fourth-order valence-electron chi connectivity index (χ4n) is 2.02. The Morgan fingerprint density at radius 3 is 2.64 bits per heavy atom. The molecule has 2 aliphatic rings. The quantitative estimate of drug-likeness (QED) is 0.564. The van der Waals surface area contributed by atoms with E-state index < -0.39 is 0 Å². The van der Waals surface area contributed by atoms with Gasteiger partial charge < -0.3 is 10.2 Å². The Labute approximate surface area is 66.6 Å². The van der Waals surface area contributed by atoms with Gasteiger partial charge in [-0.25, -0.2) is 0 Å². The van der Waals surface area contributed by atoms with Crippen LogP contribution in [-0.2, 0) is 0 Å². The molecule has 0 aromatic heterocycles. The van der Waals surface area contributed by atoms with Gasteiger partial charge in [0.05, 0.1) is 12.7 Å². The predicted molar refractivity (Wildman–Crippen MR) is 41.2 cm³/mol. The van der Waals surface area contributed by atoms with Crippen LogP contribution in [0.15, 0.2) is 0 Å². The predicted octanol–water partition coefficient (Wildman–Crippen LogP) is -0.565. The second-order valence-electron chi connectivity index (χ2n) is 3.84. The summed E-state index contributed by atoms with van der Waals surface area (Å²) in [6, 6.07) is 0. The number of hydrogen-bond donors (Lipinski definition) is 2. The summed E-state index contributed by atoms with van der Waals surface area (Å²) in [5.41, 5.74) is 0.245. The zero-order valence-corrected chi connectivity index (χ0v) is 6.66. The SMILES string of the molecule is OCCN1CC(O)C2(CC2)C1. The van der Waals surface area contributed by atoms with Crippen LogP contribution >= 0.6 is 0 Å². The van der Waals surface area contributed by atoms with Gasteiger partial charge in [0.25, 0.3) is 0 Å². The van der Waals surface area contributed by atoms with E-state index in [-0.39, 0.29) is 18.1 Å². The number of nitrogens with zero attached hydrogens (tertiary/aromatic N) is 1. The molecule has 0 radical (unpaired) electrons. The van der Waals surface area contributed by atoms with Crippen LogP contribution in [0.4, 0.5) is 0 Å². The molecule has 2 N–H and O–H groups in total. The second kappa shape index (κ2) is 2.44. The number of hydrogen-bond acceptors (Lipinski definition) is 3. The van der Waals surface area contributed by atoms with Gasteiger partial charge in [-0.2, -0.15) is 0 Å². The molecule has 0 aromatic rings. The zero-order chi connectivity index (χ0) is 7.90. The number of β-amino-alcohol motifs (C(OH)–C–C–N with tert-alkyl or cyclic N) is 2. The van der Waals surface area contributed by atoms with Crippen LogP contribution in [0.2, 0.25) is 0 Å². The van der Waals surface area contributed by atoms with E-state index >= 15 is 0 Å².